The van der Waals surface area contributed by atoms with Gasteiger partial charge in [0, 0.05) is 29.4 Å². The molecule has 5 rings (SSSR count). The van der Waals surface area contributed by atoms with Gasteiger partial charge in [0.05, 0.1) is 23.3 Å². The molecule has 2 aliphatic rings. The van der Waals surface area contributed by atoms with Crippen LogP contribution in [0.4, 0.5) is 13.2 Å². The van der Waals surface area contributed by atoms with Crippen LogP contribution in [0.15, 0.2) is 66.9 Å². The number of nitrogens with one attached hydrogen (secondary N) is 3. The Kier molecular flexibility index (Phi) is 8.66. The van der Waals surface area contributed by atoms with Crippen LogP contribution in [-0.4, -0.2) is 53.4 Å². The van der Waals surface area contributed by atoms with E-state index in [0.29, 0.717) is 56.5 Å². The topological polar surface area (TPSA) is 120 Å². The average molecular weight is 595 g/mol. The zero-order valence-corrected chi connectivity index (χ0v) is 23.4. The van der Waals surface area contributed by atoms with Crippen molar-refractivity contribution in [2.45, 2.75) is 49.4 Å². The molecule has 2 heterocycles. The van der Waals surface area contributed by atoms with Crippen molar-refractivity contribution >= 4 is 18.1 Å². The Bertz CT molecular complexity index is 1480. The monoisotopic (exact) mass is 594 g/mol. The molecule has 1 aliphatic heterocycles. The fraction of sp³-hybridized carbons (Fsp3) is 0.375. The van der Waals surface area contributed by atoms with E-state index in [0.717, 1.165) is 35.6 Å². The molecular weight excluding hydrogens is 561 g/mol. The molecule has 0 spiro atoms. The van der Waals surface area contributed by atoms with Crippen LogP contribution in [0, 0.1) is 5.92 Å². The molecule has 11 heteroatoms. The van der Waals surface area contributed by atoms with Crippen LogP contribution in [-0.2, 0) is 16.6 Å². The van der Waals surface area contributed by atoms with E-state index in [-0.39, 0.29) is 18.0 Å². The van der Waals surface area contributed by atoms with Crippen LogP contribution in [0.25, 0.3) is 11.1 Å². The maximum atomic E-state index is 13.0. The number of halogens is 3. The standard InChI is InChI=1S/C32H33F3N4O4/c33-32(34,35)25-6-3-5-21(16-25)29(42)38-18-28(41)39-30(14-15-36-20-30)24-10-12-31(43,13-11-24)27-9-8-22(17-37-27)26-7-2-1-4-23(26)19-40/h1-9,16-17,19,24,36,43H,10-15,18,20H2,(H,38,42)(H,39,41)/t24?,30-,31?/m0/s1. The number of nitrogens with zero attached hydrogens (tertiary/aromatic N) is 1. The van der Waals surface area contributed by atoms with Crippen molar-refractivity contribution in [1.82, 2.24) is 20.9 Å². The first kappa shape index (κ1) is 30.4. The smallest absolute Gasteiger partial charge is 0.384 e. The summed E-state index contributed by atoms with van der Waals surface area (Å²) in [6.45, 7) is 0.854. The number of aromatic nitrogens is 1. The number of hydrogen-bond donors (Lipinski definition) is 4. The minimum absolute atomic E-state index is 0.0598. The maximum Gasteiger partial charge on any atom is 0.416 e. The lowest BCUT2D eigenvalue weighted by Crippen LogP contribution is -2.58. The second kappa shape index (κ2) is 12.3. The van der Waals surface area contributed by atoms with E-state index < -0.39 is 34.7 Å². The van der Waals surface area contributed by atoms with Crippen molar-refractivity contribution in [3.63, 3.8) is 0 Å². The SMILES string of the molecule is O=Cc1ccccc1-c1ccc(C2(O)CCC([C@]3(NC(=O)CNC(=O)c4cccc(C(F)(F)F)c4)CCNC3)CC2)nc1. The number of carbonyl (C=O) groups excluding carboxylic acids is 3. The van der Waals surface area contributed by atoms with E-state index in [1.54, 1.807) is 24.4 Å². The van der Waals surface area contributed by atoms with E-state index in [1.165, 1.54) is 6.07 Å². The van der Waals surface area contributed by atoms with Gasteiger partial charge in [-0.15, -0.1) is 0 Å². The Morgan fingerprint density at radius 2 is 1.81 bits per heavy atom. The molecule has 1 atom stereocenters. The van der Waals surface area contributed by atoms with Crippen molar-refractivity contribution in [2.75, 3.05) is 19.6 Å². The summed E-state index contributed by atoms with van der Waals surface area (Å²) in [6, 6.07) is 14.9. The zero-order valence-electron chi connectivity index (χ0n) is 23.4. The third-order valence-corrected chi connectivity index (χ3v) is 8.67. The summed E-state index contributed by atoms with van der Waals surface area (Å²) in [6.07, 6.45) is 0.709. The van der Waals surface area contributed by atoms with Crippen molar-refractivity contribution in [1.29, 1.82) is 0 Å². The molecule has 1 aliphatic carbocycles. The summed E-state index contributed by atoms with van der Waals surface area (Å²) in [4.78, 5) is 41.4. The van der Waals surface area contributed by atoms with Gasteiger partial charge >= 0.3 is 6.18 Å². The highest BCUT2D eigenvalue weighted by Gasteiger charge is 2.47. The van der Waals surface area contributed by atoms with Gasteiger partial charge in [-0.3, -0.25) is 19.4 Å². The molecular formula is C32H33F3N4O4. The van der Waals surface area contributed by atoms with Crippen LogP contribution < -0.4 is 16.0 Å². The van der Waals surface area contributed by atoms with Gasteiger partial charge in [0.2, 0.25) is 5.91 Å². The molecule has 0 bridgehead atoms. The number of rotatable bonds is 8. The molecule has 2 amide bonds. The molecule has 226 valence electrons. The third-order valence-electron chi connectivity index (χ3n) is 8.67. The molecule has 0 radical (unpaired) electrons. The highest BCUT2D eigenvalue weighted by atomic mass is 19.4. The Balaban J connectivity index is 1.20. The Labute approximate surface area is 247 Å². The van der Waals surface area contributed by atoms with Gasteiger partial charge in [-0.05, 0) is 74.4 Å². The molecule has 3 aromatic rings. The highest BCUT2D eigenvalue weighted by Crippen LogP contribution is 2.44. The number of amides is 2. The number of pyridine rings is 1. The number of alkyl halides is 3. The number of carbonyl (C=O) groups is 3. The van der Waals surface area contributed by atoms with Crippen LogP contribution in [0.3, 0.4) is 0 Å². The first-order valence-corrected chi connectivity index (χ1v) is 14.2. The summed E-state index contributed by atoms with van der Waals surface area (Å²) < 4.78 is 39.0. The van der Waals surface area contributed by atoms with Gasteiger partial charge in [0.25, 0.3) is 5.91 Å². The van der Waals surface area contributed by atoms with E-state index in [4.69, 9.17) is 0 Å². The number of hydrogen-bond acceptors (Lipinski definition) is 6. The molecule has 1 saturated heterocycles. The van der Waals surface area contributed by atoms with Crippen molar-refractivity contribution < 1.29 is 32.7 Å². The number of benzene rings is 2. The third kappa shape index (κ3) is 6.62. The van der Waals surface area contributed by atoms with Crippen molar-refractivity contribution in [2.24, 2.45) is 5.92 Å². The predicted octanol–water partition coefficient (Wildman–Crippen LogP) is 4.24. The minimum Gasteiger partial charge on any atom is -0.384 e. The second-order valence-electron chi connectivity index (χ2n) is 11.3. The lowest BCUT2D eigenvalue weighted by atomic mass is 9.68. The first-order chi connectivity index (χ1) is 20.5. The highest BCUT2D eigenvalue weighted by molar-refractivity contribution is 5.96. The van der Waals surface area contributed by atoms with Crippen LogP contribution >= 0.6 is 0 Å². The van der Waals surface area contributed by atoms with Crippen molar-refractivity contribution in [3.8, 4) is 11.1 Å². The predicted molar refractivity (Wildman–Crippen MR) is 153 cm³/mol. The van der Waals surface area contributed by atoms with E-state index in [2.05, 4.69) is 20.9 Å². The molecule has 8 nitrogen and oxygen atoms in total. The fourth-order valence-electron chi connectivity index (χ4n) is 6.28. The van der Waals surface area contributed by atoms with Crippen molar-refractivity contribution in [3.05, 3.63) is 89.2 Å². The van der Waals surface area contributed by atoms with Gasteiger partial charge in [0.1, 0.15) is 5.60 Å². The number of aldehydes is 1. The second-order valence-corrected chi connectivity index (χ2v) is 11.3. The average Bonchev–Trinajstić information content (AvgIpc) is 3.49. The largest absolute Gasteiger partial charge is 0.416 e. The fourth-order valence-corrected chi connectivity index (χ4v) is 6.28. The van der Waals surface area contributed by atoms with Gasteiger partial charge in [-0.1, -0.05) is 36.4 Å². The normalized spacial score (nSPS) is 23.9. The quantitative estimate of drug-likeness (QED) is 0.290. The van der Waals surface area contributed by atoms with Gasteiger partial charge < -0.3 is 21.1 Å². The molecule has 1 saturated carbocycles. The number of aliphatic hydroxyl groups is 1. The molecule has 1 aromatic heterocycles. The summed E-state index contributed by atoms with van der Waals surface area (Å²) >= 11 is 0. The molecule has 4 N–H and O–H groups in total. The Morgan fingerprint density at radius 1 is 1.05 bits per heavy atom. The molecule has 0 unspecified atom stereocenters. The van der Waals surface area contributed by atoms with E-state index >= 15 is 0 Å². The van der Waals surface area contributed by atoms with E-state index in [9.17, 15) is 32.7 Å². The van der Waals surface area contributed by atoms with Gasteiger partial charge in [-0.2, -0.15) is 13.2 Å². The zero-order chi connectivity index (χ0) is 30.7. The van der Waals surface area contributed by atoms with Gasteiger partial charge in [0.15, 0.2) is 6.29 Å². The van der Waals surface area contributed by atoms with Crippen LogP contribution in [0.1, 0.15) is 64.1 Å². The Hall–Kier alpha value is -4.09. The summed E-state index contributed by atoms with van der Waals surface area (Å²) in [5.41, 5.74) is -0.160. The van der Waals surface area contributed by atoms with Gasteiger partial charge in [-0.25, -0.2) is 0 Å². The summed E-state index contributed by atoms with van der Waals surface area (Å²) in [5, 5.41) is 20.3. The minimum atomic E-state index is -4.58. The summed E-state index contributed by atoms with van der Waals surface area (Å²) in [7, 11) is 0. The molecule has 43 heavy (non-hydrogen) atoms. The maximum absolute atomic E-state index is 13.0. The van der Waals surface area contributed by atoms with E-state index in [1.807, 2.05) is 18.2 Å². The summed E-state index contributed by atoms with van der Waals surface area (Å²) in [5.74, 6) is -1.14. The molecule has 2 aromatic carbocycles. The first-order valence-electron chi connectivity index (χ1n) is 14.2. The lowest BCUT2D eigenvalue weighted by Gasteiger charge is -2.44. The van der Waals surface area contributed by atoms with Crippen LogP contribution in [0.2, 0.25) is 0 Å². The Morgan fingerprint density at radius 3 is 2.47 bits per heavy atom. The molecule has 2 fully saturated rings. The lowest BCUT2D eigenvalue weighted by molar-refractivity contribution is -0.137. The van der Waals surface area contributed by atoms with Crippen LogP contribution in [0.5, 0.6) is 0 Å².